The summed E-state index contributed by atoms with van der Waals surface area (Å²) < 4.78 is 0. The van der Waals surface area contributed by atoms with Gasteiger partial charge in [0.05, 0.1) is 0 Å². The van der Waals surface area contributed by atoms with Crippen molar-refractivity contribution in [3.8, 4) is 0 Å². The van der Waals surface area contributed by atoms with E-state index in [1.54, 1.807) is 0 Å². The Morgan fingerprint density at radius 2 is 2.00 bits per heavy atom. The van der Waals surface area contributed by atoms with Gasteiger partial charge in [-0.1, -0.05) is 27.2 Å². The molecule has 0 unspecified atom stereocenters. The zero-order valence-corrected chi connectivity index (χ0v) is 8.96. The zero-order chi connectivity index (χ0) is 9.84. The maximum atomic E-state index is 4.40. The Kier molecular flexibility index (Phi) is 3.40. The van der Waals surface area contributed by atoms with E-state index in [0.717, 1.165) is 24.4 Å². The SMILES string of the molecule is CCCc1cc(C(C)C)nc(C)n1. The average molecular weight is 178 g/mol. The Bertz CT molecular complexity index is 279. The third-order valence-corrected chi connectivity index (χ3v) is 2.01. The molecule has 0 amide bonds. The Morgan fingerprint density at radius 1 is 1.31 bits per heavy atom. The second-order valence-electron chi connectivity index (χ2n) is 3.74. The van der Waals surface area contributed by atoms with Crippen LogP contribution in [-0.2, 0) is 6.42 Å². The molecular formula is C11H18N2. The number of hydrogen-bond acceptors (Lipinski definition) is 2. The summed E-state index contributed by atoms with van der Waals surface area (Å²) in [6.07, 6.45) is 2.21. The van der Waals surface area contributed by atoms with Crippen molar-refractivity contribution >= 4 is 0 Å². The fourth-order valence-corrected chi connectivity index (χ4v) is 1.33. The molecule has 0 N–H and O–H groups in total. The minimum Gasteiger partial charge on any atom is -0.238 e. The van der Waals surface area contributed by atoms with Gasteiger partial charge in [-0.2, -0.15) is 0 Å². The summed E-state index contributed by atoms with van der Waals surface area (Å²) in [5.41, 5.74) is 2.34. The van der Waals surface area contributed by atoms with Crippen molar-refractivity contribution in [2.45, 2.75) is 46.5 Å². The van der Waals surface area contributed by atoms with Crippen LogP contribution in [0.5, 0.6) is 0 Å². The second kappa shape index (κ2) is 4.35. The van der Waals surface area contributed by atoms with E-state index in [2.05, 4.69) is 36.8 Å². The molecule has 0 spiro atoms. The lowest BCUT2D eigenvalue weighted by atomic mass is 10.1. The fraction of sp³-hybridized carbons (Fsp3) is 0.636. The second-order valence-corrected chi connectivity index (χ2v) is 3.74. The molecule has 1 rings (SSSR count). The molecule has 0 aliphatic rings. The highest BCUT2D eigenvalue weighted by atomic mass is 14.9. The van der Waals surface area contributed by atoms with Crippen LogP contribution in [0.15, 0.2) is 6.07 Å². The maximum Gasteiger partial charge on any atom is 0.125 e. The first-order valence-corrected chi connectivity index (χ1v) is 4.98. The molecule has 0 bridgehead atoms. The van der Waals surface area contributed by atoms with Gasteiger partial charge in [0, 0.05) is 11.4 Å². The van der Waals surface area contributed by atoms with Crippen molar-refractivity contribution < 1.29 is 0 Å². The zero-order valence-electron chi connectivity index (χ0n) is 8.96. The molecule has 2 heteroatoms. The Morgan fingerprint density at radius 3 is 2.54 bits per heavy atom. The standard InChI is InChI=1S/C11H18N2/c1-5-6-10-7-11(8(2)3)13-9(4)12-10/h7-8H,5-6H2,1-4H3. The van der Waals surface area contributed by atoms with Crippen molar-refractivity contribution in [2.24, 2.45) is 0 Å². The first kappa shape index (κ1) is 10.2. The van der Waals surface area contributed by atoms with Crippen molar-refractivity contribution in [1.82, 2.24) is 9.97 Å². The summed E-state index contributed by atoms with van der Waals surface area (Å²) in [6, 6.07) is 2.13. The first-order valence-electron chi connectivity index (χ1n) is 4.98. The van der Waals surface area contributed by atoms with Gasteiger partial charge in [0.1, 0.15) is 5.82 Å². The van der Waals surface area contributed by atoms with E-state index in [-0.39, 0.29) is 0 Å². The quantitative estimate of drug-likeness (QED) is 0.711. The third kappa shape index (κ3) is 2.79. The van der Waals surface area contributed by atoms with Crippen LogP contribution in [0.25, 0.3) is 0 Å². The van der Waals surface area contributed by atoms with Crippen LogP contribution in [0.3, 0.4) is 0 Å². The number of rotatable bonds is 3. The predicted molar refractivity (Wildman–Crippen MR) is 54.9 cm³/mol. The molecule has 0 atom stereocenters. The number of aromatic nitrogens is 2. The molecule has 0 aliphatic heterocycles. The highest BCUT2D eigenvalue weighted by molar-refractivity contribution is 5.13. The van der Waals surface area contributed by atoms with Gasteiger partial charge in [-0.25, -0.2) is 9.97 Å². The summed E-state index contributed by atoms with van der Waals surface area (Å²) in [5.74, 6) is 1.40. The molecule has 1 aromatic rings. The largest absolute Gasteiger partial charge is 0.238 e. The summed E-state index contributed by atoms with van der Waals surface area (Å²) >= 11 is 0. The smallest absolute Gasteiger partial charge is 0.125 e. The Hall–Kier alpha value is -0.920. The highest BCUT2D eigenvalue weighted by Crippen LogP contribution is 2.13. The fourth-order valence-electron chi connectivity index (χ4n) is 1.33. The molecule has 1 aromatic heterocycles. The molecule has 1 heterocycles. The van der Waals surface area contributed by atoms with Crippen LogP contribution in [0.2, 0.25) is 0 Å². The monoisotopic (exact) mass is 178 g/mol. The lowest BCUT2D eigenvalue weighted by molar-refractivity contribution is 0.775. The molecule has 0 aromatic carbocycles. The summed E-state index contributed by atoms with van der Waals surface area (Å²) in [7, 11) is 0. The van der Waals surface area contributed by atoms with Gasteiger partial charge < -0.3 is 0 Å². The van der Waals surface area contributed by atoms with Gasteiger partial charge in [-0.3, -0.25) is 0 Å². The van der Waals surface area contributed by atoms with Gasteiger partial charge in [-0.05, 0) is 25.3 Å². The summed E-state index contributed by atoms with van der Waals surface area (Å²) in [4.78, 5) is 8.80. The molecule has 0 saturated carbocycles. The molecule has 0 radical (unpaired) electrons. The van der Waals surface area contributed by atoms with Crippen molar-refractivity contribution in [3.05, 3.63) is 23.3 Å². The van der Waals surface area contributed by atoms with Crippen molar-refractivity contribution in [2.75, 3.05) is 0 Å². The molecule has 2 nitrogen and oxygen atoms in total. The Labute approximate surface area is 80.4 Å². The predicted octanol–water partition coefficient (Wildman–Crippen LogP) is 2.86. The lowest BCUT2D eigenvalue weighted by Crippen LogP contribution is -2.01. The van der Waals surface area contributed by atoms with E-state index in [1.807, 2.05) is 6.92 Å². The van der Waals surface area contributed by atoms with E-state index in [9.17, 15) is 0 Å². The molecule has 72 valence electrons. The highest BCUT2D eigenvalue weighted by Gasteiger charge is 2.04. The summed E-state index contributed by atoms with van der Waals surface area (Å²) in [5, 5.41) is 0. The normalized spacial score (nSPS) is 10.8. The van der Waals surface area contributed by atoms with Gasteiger partial charge in [0.2, 0.25) is 0 Å². The first-order chi connectivity index (χ1) is 6.13. The molecule has 0 fully saturated rings. The minimum absolute atomic E-state index is 0.498. The van der Waals surface area contributed by atoms with E-state index in [1.165, 1.54) is 5.69 Å². The maximum absolute atomic E-state index is 4.40. The molecule has 0 saturated heterocycles. The third-order valence-electron chi connectivity index (χ3n) is 2.01. The molecule has 0 aliphatic carbocycles. The van der Waals surface area contributed by atoms with Crippen LogP contribution < -0.4 is 0 Å². The number of nitrogens with zero attached hydrogens (tertiary/aromatic N) is 2. The van der Waals surface area contributed by atoms with Crippen LogP contribution in [-0.4, -0.2) is 9.97 Å². The Balaban J connectivity index is 2.96. The van der Waals surface area contributed by atoms with Crippen LogP contribution in [0.1, 0.15) is 50.3 Å². The van der Waals surface area contributed by atoms with Crippen LogP contribution in [0.4, 0.5) is 0 Å². The minimum atomic E-state index is 0.498. The van der Waals surface area contributed by atoms with E-state index >= 15 is 0 Å². The average Bonchev–Trinajstić information content (AvgIpc) is 2.03. The van der Waals surface area contributed by atoms with E-state index < -0.39 is 0 Å². The molecule has 13 heavy (non-hydrogen) atoms. The van der Waals surface area contributed by atoms with Gasteiger partial charge in [-0.15, -0.1) is 0 Å². The topological polar surface area (TPSA) is 25.8 Å². The van der Waals surface area contributed by atoms with Gasteiger partial charge in [0.15, 0.2) is 0 Å². The van der Waals surface area contributed by atoms with Gasteiger partial charge in [0.25, 0.3) is 0 Å². The van der Waals surface area contributed by atoms with Crippen molar-refractivity contribution in [3.63, 3.8) is 0 Å². The van der Waals surface area contributed by atoms with Gasteiger partial charge >= 0.3 is 0 Å². The molecular weight excluding hydrogens is 160 g/mol. The van der Waals surface area contributed by atoms with Crippen molar-refractivity contribution in [1.29, 1.82) is 0 Å². The van der Waals surface area contributed by atoms with E-state index in [4.69, 9.17) is 0 Å². The van der Waals surface area contributed by atoms with Crippen LogP contribution in [0, 0.1) is 6.92 Å². The lowest BCUT2D eigenvalue weighted by Gasteiger charge is -2.07. The van der Waals surface area contributed by atoms with E-state index in [0.29, 0.717) is 5.92 Å². The number of aryl methyl sites for hydroxylation is 2. The number of hydrogen-bond donors (Lipinski definition) is 0. The summed E-state index contributed by atoms with van der Waals surface area (Å²) in [6.45, 7) is 8.46. The van der Waals surface area contributed by atoms with Crippen LogP contribution >= 0.6 is 0 Å².